The number of hydrogen-bond donors (Lipinski definition) is 2. The second-order valence-corrected chi connectivity index (χ2v) is 6.05. The minimum absolute atomic E-state index is 0.316. The molecule has 0 amide bonds. The molecule has 2 atom stereocenters. The predicted octanol–water partition coefficient (Wildman–Crippen LogP) is 2.00. The largest absolute Gasteiger partial charge is 0.395 e. The Morgan fingerprint density at radius 1 is 1.17 bits per heavy atom. The van der Waals surface area contributed by atoms with Gasteiger partial charge < -0.3 is 10.4 Å². The standard InChI is InChI=1S/C15H30N2O/c1-2-9-16-15-6-4-3-5-13(15)12-17(10-11-18)14-7-8-14/h13-16,18H,2-12H2,1H3. The van der Waals surface area contributed by atoms with Crippen LogP contribution in [0.25, 0.3) is 0 Å². The van der Waals surface area contributed by atoms with E-state index in [1.807, 2.05) is 0 Å². The van der Waals surface area contributed by atoms with Gasteiger partial charge >= 0.3 is 0 Å². The molecule has 2 aliphatic carbocycles. The van der Waals surface area contributed by atoms with E-state index in [0.29, 0.717) is 6.61 Å². The Morgan fingerprint density at radius 3 is 2.61 bits per heavy atom. The molecule has 0 aromatic heterocycles. The van der Waals surface area contributed by atoms with Crippen LogP contribution >= 0.6 is 0 Å². The third kappa shape index (κ3) is 4.22. The molecular weight excluding hydrogens is 224 g/mol. The van der Waals surface area contributed by atoms with Crippen LogP contribution in [0.15, 0.2) is 0 Å². The summed E-state index contributed by atoms with van der Waals surface area (Å²) >= 11 is 0. The highest BCUT2D eigenvalue weighted by Crippen LogP contribution is 2.31. The maximum Gasteiger partial charge on any atom is 0.0558 e. The molecule has 0 aromatic carbocycles. The maximum absolute atomic E-state index is 9.19. The van der Waals surface area contributed by atoms with E-state index < -0.39 is 0 Å². The van der Waals surface area contributed by atoms with Gasteiger partial charge in [0.25, 0.3) is 0 Å². The minimum atomic E-state index is 0.316. The van der Waals surface area contributed by atoms with E-state index in [1.165, 1.54) is 51.5 Å². The summed E-state index contributed by atoms with van der Waals surface area (Å²) in [7, 11) is 0. The molecular formula is C15H30N2O. The van der Waals surface area contributed by atoms with Gasteiger partial charge in [-0.3, -0.25) is 4.90 Å². The van der Waals surface area contributed by atoms with E-state index in [1.54, 1.807) is 0 Å². The van der Waals surface area contributed by atoms with Crippen LogP contribution in [0.1, 0.15) is 51.9 Å². The van der Waals surface area contributed by atoms with Crippen LogP contribution in [0.4, 0.5) is 0 Å². The predicted molar refractivity (Wildman–Crippen MR) is 75.7 cm³/mol. The van der Waals surface area contributed by atoms with Crippen LogP contribution in [0.2, 0.25) is 0 Å². The van der Waals surface area contributed by atoms with Crippen molar-refractivity contribution in [1.82, 2.24) is 10.2 Å². The Morgan fingerprint density at radius 2 is 1.94 bits per heavy atom. The number of rotatable bonds is 8. The zero-order valence-corrected chi connectivity index (χ0v) is 11.9. The molecule has 2 fully saturated rings. The van der Waals surface area contributed by atoms with Crippen molar-refractivity contribution in [3.63, 3.8) is 0 Å². The van der Waals surface area contributed by atoms with Crippen LogP contribution < -0.4 is 5.32 Å². The van der Waals surface area contributed by atoms with Crippen LogP contribution in [-0.2, 0) is 0 Å². The van der Waals surface area contributed by atoms with E-state index in [9.17, 15) is 5.11 Å². The summed E-state index contributed by atoms with van der Waals surface area (Å²) in [6.07, 6.45) is 9.43. The summed E-state index contributed by atoms with van der Waals surface area (Å²) in [5, 5.41) is 12.9. The maximum atomic E-state index is 9.19. The Bertz CT molecular complexity index is 231. The molecule has 2 N–H and O–H groups in total. The average molecular weight is 254 g/mol. The number of aliphatic hydroxyl groups excluding tert-OH is 1. The Labute approximate surface area is 112 Å². The summed E-state index contributed by atoms with van der Waals surface area (Å²) in [4.78, 5) is 2.54. The van der Waals surface area contributed by atoms with Crippen molar-refractivity contribution < 1.29 is 5.11 Å². The fourth-order valence-electron chi connectivity index (χ4n) is 3.32. The minimum Gasteiger partial charge on any atom is -0.395 e. The van der Waals surface area contributed by atoms with E-state index in [2.05, 4.69) is 17.1 Å². The highest BCUT2D eigenvalue weighted by atomic mass is 16.3. The second kappa shape index (κ2) is 7.46. The zero-order valence-electron chi connectivity index (χ0n) is 11.9. The first-order valence-electron chi connectivity index (χ1n) is 7.93. The summed E-state index contributed by atoms with van der Waals surface area (Å²) in [5.74, 6) is 0.803. The molecule has 3 heteroatoms. The second-order valence-electron chi connectivity index (χ2n) is 6.05. The lowest BCUT2D eigenvalue weighted by Gasteiger charge is -2.36. The first kappa shape index (κ1) is 14.3. The van der Waals surface area contributed by atoms with Gasteiger partial charge in [0.2, 0.25) is 0 Å². The van der Waals surface area contributed by atoms with Gasteiger partial charge in [-0.25, -0.2) is 0 Å². The van der Waals surface area contributed by atoms with Gasteiger partial charge in [0.05, 0.1) is 6.61 Å². The monoisotopic (exact) mass is 254 g/mol. The van der Waals surface area contributed by atoms with E-state index in [4.69, 9.17) is 0 Å². The number of hydrogen-bond acceptors (Lipinski definition) is 3. The van der Waals surface area contributed by atoms with Gasteiger partial charge in [-0.2, -0.15) is 0 Å². The number of aliphatic hydroxyl groups is 1. The molecule has 0 spiro atoms. The Balaban J connectivity index is 1.82. The van der Waals surface area contributed by atoms with Gasteiger partial charge in [0.1, 0.15) is 0 Å². The van der Waals surface area contributed by atoms with Gasteiger partial charge in [-0.15, -0.1) is 0 Å². The van der Waals surface area contributed by atoms with Crippen molar-refractivity contribution in [3.8, 4) is 0 Å². The van der Waals surface area contributed by atoms with E-state index in [-0.39, 0.29) is 0 Å². The van der Waals surface area contributed by atoms with Crippen molar-refractivity contribution in [2.24, 2.45) is 5.92 Å². The van der Waals surface area contributed by atoms with Gasteiger partial charge in [-0.05, 0) is 44.6 Å². The molecule has 106 valence electrons. The van der Waals surface area contributed by atoms with Crippen molar-refractivity contribution >= 4 is 0 Å². The lowest BCUT2D eigenvalue weighted by molar-refractivity contribution is 0.135. The van der Waals surface area contributed by atoms with Gasteiger partial charge in [0, 0.05) is 25.2 Å². The molecule has 0 heterocycles. The molecule has 18 heavy (non-hydrogen) atoms. The quantitative estimate of drug-likeness (QED) is 0.695. The fourth-order valence-corrected chi connectivity index (χ4v) is 3.32. The molecule has 2 unspecified atom stereocenters. The fraction of sp³-hybridized carbons (Fsp3) is 1.00. The van der Waals surface area contributed by atoms with Crippen LogP contribution in [0.3, 0.4) is 0 Å². The van der Waals surface area contributed by atoms with E-state index >= 15 is 0 Å². The highest BCUT2D eigenvalue weighted by Gasteiger charge is 2.33. The normalized spacial score (nSPS) is 28.8. The average Bonchev–Trinajstić information content (AvgIpc) is 3.21. The Hall–Kier alpha value is -0.120. The lowest BCUT2D eigenvalue weighted by Crippen LogP contribution is -2.45. The molecule has 0 saturated heterocycles. The van der Waals surface area contributed by atoms with Crippen molar-refractivity contribution in [2.45, 2.75) is 64.0 Å². The van der Waals surface area contributed by atoms with Gasteiger partial charge in [-0.1, -0.05) is 19.8 Å². The smallest absolute Gasteiger partial charge is 0.0558 e. The van der Waals surface area contributed by atoms with Crippen LogP contribution in [0.5, 0.6) is 0 Å². The van der Waals surface area contributed by atoms with Crippen molar-refractivity contribution in [2.75, 3.05) is 26.2 Å². The summed E-state index contributed by atoms with van der Waals surface area (Å²) in [6.45, 7) is 5.79. The molecule has 2 aliphatic rings. The zero-order chi connectivity index (χ0) is 12.8. The summed E-state index contributed by atoms with van der Waals surface area (Å²) in [5.41, 5.74) is 0. The summed E-state index contributed by atoms with van der Waals surface area (Å²) < 4.78 is 0. The molecule has 0 aromatic rings. The molecule has 2 rings (SSSR count). The Kier molecular flexibility index (Phi) is 5.93. The molecule has 3 nitrogen and oxygen atoms in total. The van der Waals surface area contributed by atoms with Crippen LogP contribution in [0, 0.1) is 5.92 Å². The number of nitrogens with one attached hydrogen (secondary N) is 1. The highest BCUT2D eigenvalue weighted by molar-refractivity contribution is 4.89. The number of nitrogens with zero attached hydrogens (tertiary/aromatic N) is 1. The molecule has 0 bridgehead atoms. The summed E-state index contributed by atoms with van der Waals surface area (Å²) in [6, 6.07) is 1.50. The first-order chi connectivity index (χ1) is 8.85. The topological polar surface area (TPSA) is 35.5 Å². The SMILES string of the molecule is CCCNC1CCCCC1CN(CCO)C1CC1. The van der Waals surface area contributed by atoms with Crippen molar-refractivity contribution in [1.29, 1.82) is 0 Å². The first-order valence-corrected chi connectivity index (χ1v) is 7.93. The van der Waals surface area contributed by atoms with E-state index in [0.717, 1.165) is 31.1 Å². The molecule has 2 saturated carbocycles. The van der Waals surface area contributed by atoms with Gasteiger partial charge in [0.15, 0.2) is 0 Å². The molecule has 0 radical (unpaired) electrons. The molecule has 0 aliphatic heterocycles. The lowest BCUT2D eigenvalue weighted by atomic mass is 9.84. The third-order valence-electron chi connectivity index (χ3n) is 4.49. The third-order valence-corrected chi connectivity index (χ3v) is 4.49. The van der Waals surface area contributed by atoms with Crippen molar-refractivity contribution in [3.05, 3.63) is 0 Å². The van der Waals surface area contributed by atoms with Crippen LogP contribution in [-0.4, -0.2) is 48.3 Å².